The highest BCUT2D eigenvalue weighted by molar-refractivity contribution is 9.10. The van der Waals surface area contributed by atoms with Crippen molar-refractivity contribution in [3.63, 3.8) is 0 Å². The van der Waals surface area contributed by atoms with Crippen LogP contribution in [0, 0.1) is 6.92 Å². The van der Waals surface area contributed by atoms with Crippen LogP contribution in [-0.4, -0.2) is 22.3 Å². The van der Waals surface area contributed by atoms with E-state index < -0.39 is 0 Å². The Hall–Kier alpha value is -3.00. The van der Waals surface area contributed by atoms with Gasteiger partial charge in [0.2, 0.25) is 0 Å². The molecule has 0 N–H and O–H groups in total. The second-order valence-corrected chi connectivity index (χ2v) is 10.4. The van der Waals surface area contributed by atoms with Crippen LogP contribution < -0.4 is 9.64 Å². The Morgan fingerprint density at radius 3 is 2.51 bits per heavy atom. The number of aromatic nitrogens is 1. The van der Waals surface area contributed by atoms with E-state index in [-0.39, 0.29) is 11.1 Å². The second-order valence-electron chi connectivity index (χ2n) is 8.09. The van der Waals surface area contributed by atoms with Crippen LogP contribution >= 0.6 is 39.3 Å². The molecule has 2 amide bonds. The molecule has 0 unspecified atom stereocenters. The molecule has 1 aromatic heterocycles. The van der Waals surface area contributed by atoms with E-state index in [1.165, 1.54) is 10.5 Å². The number of thioether (sulfide) groups is 1. The van der Waals surface area contributed by atoms with E-state index in [0.717, 1.165) is 38.5 Å². The smallest absolute Gasteiger partial charge is 0.298 e. The third-order valence-corrected chi connectivity index (χ3v) is 7.28. The zero-order chi connectivity index (χ0) is 24.5. The van der Waals surface area contributed by atoms with Gasteiger partial charge in [0, 0.05) is 32.2 Å². The molecule has 35 heavy (non-hydrogen) atoms. The average molecular weight is 568 g/mol. The van der Waals surface area contributed by atoms with Gasteiger partial charge in [-0.05, 0) is 79.4 Å². The Morgan fingerprint density at radius 2 is 1.77 bits per heavy atom. The number of imide groups is 1. The fourth-order valence-corrected chi connectivity index (χ4v) is 5.23. The number of carbonyl (C=O) groups is 2. The number of aryl methyl sites for hydroxylation is 1. The molecule has 1 saturated heterocycles. The van der Waals surface area contributed by atoms with Crippen LogP contribution in [0.1, 0.15) is 11.1 Å². The Kier molecular flexibility index (Phi) is 6.73. The molecule has 1 fully saturated rings. The summed E-state index contributed by atoms with van der Waals surface area (Å²) in [6, 6.07) is 20.6. The summed E-state index contributed by atoms with van der Waals surface area (Å²) in [5.74, 6) is 0.479. The highest BCUT2D eigenvalue weighted by Crippen LogP contribution is 2.37. The zero-order valence-electron chi connectivity index (χ0n) is 18.7. The normalized spacial score (nSPS) is 14.9. The van der Waals surface area contributed by atoms with Crippen molar-refractivity contribution in [3.8, 4) is 5.75 Å². The molecule has 1 aliphatic heterocycles. The summed E-state index contributed by atoms with van der Waals surface area (Å²) in [4.78, 5) is 27.3. The van der Waals surface area contributed by atoms with Crippen LogP contribution in [0.4, 0.5) is 10.5 Å². The molecule has 0 radical (unpaired) electrons. The number of carbonyl (C=O) groups excluding carboxylic acids is 2. The molecule has 3 aromatic carbocycles. The lowest BCUT2D eigenvalue weighted by Crippen LogP contribution is -2.27. The molecule has 0 spiro atoms. The standard InChI is InChI=1S/C27H20BrClN2O3S/c1-17-2-9-22(10-3-17)34-13-12-30-16-18(23-15-19(28)4-11-24(23)30)14-25-26(32)31(27(33)35-25)21-7-5-20(29)6-8-21/h2-11,14-16H,12-13H2,1H3/b25-14-. The Morgan fingerprint density at radius 1 is 1.03 bits per heavy atom. The van der Waals surface area contributed by atoms with Gasteiger partial charge in [0.1, 0.15) is 12.4 Å². The Balaban J connectivity index is 1.42. The second kappa shape index (κ2) is 9.93. The first-order valence-electron chi connectivity index (χ1n) is 10.9. The van der Waals surface area contributed by atoms with Gasteiger partial charge >= 0.3 is 0 Å². The summed E-state index contributed by atoms with van der Waals surface area (Å²) in [6.45, 7) is 3.17. The van der Waals surface area contributed by atoms with E-state index in [1.807, 2.05) is 55.6 Å². The number of halogens is 2. The van der Waals surface area contributed by atoms with Crippen molar-refractivity contribution in [2.45, 2.75) is 13.5 Å². The van der Waals surface area contributed by atoms with Crippen LogP contribution in [0.15, 0.2) is 82.3 Å². The first kappa shape index (κ1) is 23.7. The van der Waals surface area contributed by atoms with Crippen LogP contribution in [0.2, 0.25) is 5.02 Å². The number of nitrogens with zero attached hydrogens (tertiary/aromatic N) is 2. The van der Waals surface area contributed by atoms with Gasteiger partial charge in [-0.2, -0.15) is 0 Å². The Labute approximate surface area is 220 Å². The molecule has 0 bridgehead atoms. The van der Waals surface area contributed by atoms with Gasteiger partial charge in [-0.1, -0.05) is 45.2 Å². The van der Waals surface area contributed by atoms with Gasteiger partial charge < -0.3 is 9.30 Å². The third-order valence-electron chi connectivity index (χ3n) is 5.66. The maximum absolute atomic E-state index is 13.1. The van der Waals surface area contributed by atoms with Crippen LogP contribution in [-0.2, 0) is 11.3 Å². The van der Waals surface area contributed by atoms with E-state index in [4.69, 9.17) is 16.3 Å². The molecule has 176 valence electrons. The summed E-state index contributed by atoms with van der Waals surface area (Å²) in [5.41, 5.74) is 3.56. The van der Waals surface area contributed by atoms with Crippen molar-refractivity contribution in [2.75, 3.05) is 11.5 Å². The first-order valence-corrected chi connectivity index (χ1v) is 12.9. The lowest BCUT2D eigenvalue weighted by atomic mass is 10.1. The molecule has 0 atom stereocenters. The predicted molar refractivity (Wildman–Crippen MR) is 146 cm³/mol. The molecule has 5 rings (SSSR count). The number of anilines is 1. The van der Waals surface area contributed by atoms with Crippen molar-refractivity contribution < 1.29 is 14.3 Å². The zero-order valence-corrected chi connectivity index (χ0v) is 21.9. The number of rotatable bonds is 6. The highest BCUT2D eigenvalue weighted by atomic mass is 79.9. The first-order chi connectivity index (χ1) is 16.9. The number of ether oxygens (including phenoxy) is 1. The lowest BCUT2D eigenvalue weighted by Gasteiger charge is -2.12. The van der Waals surface area contributed by atoms with Crippen molar-refractivity contribution in [1.82, 2.24) is 4.57 Å². The van der Waals surface area contributed by atoms with Crippen molar-refractivity contribution in [2.24, 2.45) is 0 Å². The lowest BCUT2D eigenvalue weighted by molar-refractivity contribution is -0.113. The maximum atomic E-state index is 13.1. The van der Waals surface area contributed by atoms with Gasteiger partial charge in [-0.15, -0.1) is 0 Å². The van der Waals surface area contributed by atoms with Gasteiger partial charge in [-0.25, -0.2) is 4.90 Å². The molecular weight excluding hydrogens is 548 g/mol. The highest BCUT2D eigenvalue weighted by Gasteiger charge is 2.36. The minimum atomic E-state index is -0.346. The quantitative estimate of drug-likeness (QED) is 0.224. The summed E-state index contributed by atoms with van der Waals surface area (Å²) in [6.07, 6.45) is 3.78. The molecular formula is C27H20BrClN2O3S. The van der Waals surface area contributed by atoms with E-state index >= 15 is 0 Å². The number of amides is 2. The monoisotopic (exact) mass is 566 g/mol. The predicted octanol–water partition coefficient (Wildman–Crippen LogP) is 7.69. The number of hydrogen-bond donors (Lipinski definition) is 0. The summed E-state index contributed by atoms with van der Waals surface area (Å²) < 4.78 is 8.95. The van der Waals surface area contributed by atoms with E-state index in [2.05, 4.69) is 20.5 Å². The average Bonchev–Trinajstić information content (AvgIpc) is 3.31. The SMILES string of the molecule is Cc1ccc(OCCn2cc(/C=C3\SC(=O)N(c4ccc(Cl)cc4)C3=O)c3cc(Br)ccc32)cc1. The molecule has 2 heterocycles. The molecule has 8 heteroatoms. The van der Waals surface area contributed by atoms with Gasteiger partial charge in [0.15, 0.2) is 0 Å². The van der Waals surface area contributed by atoms with Crippen molar-refractivity contribution in [1.29, 1.82) is 0 Å². The molecule has 0 saturated carbocycles. The van der Waals surface area contributed by atoms with Crippen LogP contribution in [0.3, 0.4) is 0 Å². The fourth-order valence-electron chi connectivity index (χ4n) is 3.91. The largest absolute Gasteiger partial charge is 0.492 e. The third kappa shape index (κ3) is 5.03. The van der Waals surface area contributed by atoms with E-state index in [9.17, 15) is 9.59 Å². The summed E-state index contributed by atoms with van der Waals surface area (Å²) in [5, 5.41) is 1.19. The molecule has 4 aromatic rings. The summed E-state index contributed by atoms with van der Waals surface area (Å²) in [7, 11) is 0. The van der Waals surface area contributed by atoms with E-state index in [1.54, 1.807) is 30.3 Å². The van der Waals surface area contributed by atoms with Crippen LogP contribution in [0.25, 0.3) is 17.0 Å². The minimum Gasteiger partial charge on any atom is -0.492 e. The van der Waals surface area contributed by atoms with Crippen molar-refractivity contribution >= 4 is 73.1 Å². The molecule has 0 aliphatic carbocycles. The van der Waals surface area contributed by atoms with Gasteiger partial charge in [0.05, 0.1) is 17.1 Å². The van der Waals surface area contributed by atoms with Crippen molar-refractivity contribution in [3.05, 3.63) is 98.5 Å². The van der Waals surface area contributed by atoms with E-state index in [0.29, 0.717) is 28.8 Å². The minimum absolute atomic E-state index is 0.333. The van der Waals surface area contributed by atoms with Gasteiger partial charge in [-0.3, -0.25) is 9.59 Å². The summed E-state index contributed by atoms with van der Waals surface area (Å²) >= 11 is 10.4. The van der Waals surface area contributed by atoms with Gasteiger partial charge in [0.25, 0.3) is 11.1 Å². The number of benzene rings is 3. The maximum Gasteiger partial charge on any atom is 0.298 e. The Bertz CT molecular complexity index is 1460. The molecule has 5 nitrogen and oxygen atoms in total. The molecule has 1 aliphatic rings. The number of hydrogen-bond acceptors (Lipinski definition) is 4. The topological polar surface area (TPSA) is 51.5 Å². The van der Waals surface area contributed by atoms with Crippen LogP contribution in [0.5, 0.6) is 5.75 Å². The fraction of sp³-hybridized carbons (Fsp3) is 0.111. The number of fused-ring (bicyclic) bond motifs is 1.